The molecule has 24 heavy (non-hydrogen) atoms. The highest BCUT2D eigenvalue weighted by Gasteiger charge is 2.09. The van der Waals surface area contributed by atoms with E-state index in [-0.39, 0.29) is 12.0 Å². The molecule has 0 radical (unpaired) electrons. The molecule has 0 saturated carbocycles. The van der Waals surface area contributed by atoms with Gasteiger partial charge in [0.05, 0.1) is 0 Å². The summed E-state index contributed by atoms with van der Waals surface area (Å²) in [4.78, 5) is 11.9. The first-order valence-corrected chi connectivity index (χ1v) is 8.37. The maximum absolute atomic E-state index is 11.9. The largest absolute Gasteiger partial charge is 0.486 e. The summed E-state index contributed by atoms with van der Waals surface area (Å²) in [7, 11) is 1.89. The summed E-state index contributed by atoms with van der Waals surface area (Å²) in [5, 5.41) is 6.00. The number of nitrogens with one attached hydrogen (secondary N) is 2. The molecule has 0 aliphatic carbocycles. The van der Waals surface area contributed by atoms with E-state index in [2.05, 4.69) is 22.8 Å². The van der Waals surface area contributed by atoms with Gasteiger partial charge in [0.15, 0.2) is 0 Å². The number of benzene rings is 2. The van der Waals surface area contributed by atoms with Crippen molar-refractivity contribution in [3.63, 3.8) is 0 Å². The summed E-state index contributed by atoms with van der Waals surface area (Å²) in [5.41, 5.74) is 2.97. The van der Waals surface area contributed by atoms with Gasteiger partial charge in [0, 0.05) is 12.1 Å². The third-order valence-electron chi connectivity index (χ3n) is 3.88. The van der Waals surface area contributed by atoms with Gasteiger partial charge in [0.1, 0.15) is 11.9 Å². The first-order valence-electron chi connectivity index (χ1n) is 8.37. The van der Waals surface area contributed by atoms with E-state index in [0.29, 0.717) is 6.42 Å². The minimum Gasteiger partial charge on any atom is -0.486 e. The van der Waals surface area contributed by atoms with Gasteiger partial charge < -0.3 is 15.4 Å². The quantitative estimate of drug-likeness (QED) is 0.719. The summed E-state index contributed by atoms with van der Waals surface area (Å²) in [6, 6.07) is 15.9. The Morgan fingerprint density at radius 2 is 1.92 bits per heavy atom. The Kier molecular flexibility index (Phi) is 6.82. The van der Waals surface area contributed by atoms with Crippen molar-refractivity contribution in [3.05, 3.63) is 59.7 Å². The van der Waals surface area contributed by atoms with Crippen LogP contribution in [-0.2, 0) is 4.79 Å². The SMILES string of the molecule is CNCCCC(=O)Nc1ccc(OC(C)c2ccccc2)cc1C. The van der Waals surface area contributed by atoms with E-state index in [1.165, 1.54) is 0 Å². The number of rotatable bonds is 8. The van der Waals surface area contributed by atoms with Crippen molar-refractivity contribution in [3.8, 4) is 5.75 Å². The van der Waals surface area contributed by atoms with Crippen LogP contribution in [0, 0.1) is 6.92 Å². The van der Waals surface area contributed by atoms with E-state index >= 15 is 0 Å². The van der Waals surface area contributed by atoms with E-state index in [0.717, 1.165) is 35.5 Å². The summed E-state index contributed by atoms with van der Waals surface area (Å²) in [5.74, 6) is 0.844. The third-order valence-corrected chi connectivity index (χ3v) is 3.88. The molecule has 1 atom stereocenters. The first kappa shape index (κ1) is 18.0. The average Bonchev–Trinajstić information content (AvgIpc) is 2.58. The lowest BCUT2D eigenvalue weighted by molar-refractivity contribution is -0.116. The van der Waals surface area contributed by atoms with Crippen LogP contribution >= 0.6 is 0 Å². The maximum Gasteiger partial charge on any atom is 0.224 e. The summed E-state index contributed by atoms with van der Waals surface area (Å²) in [6.45, 7) is 4.85. The zero-order chi connectivity index (χ0) is 17.4. The van der Waals surface area contributed by atoms with Gasteiger partial charge in [0.25, 0.3) is 0 Å². The number of hydrogen-bond acceptors (Lipinski definition) is 3. The molecular weight excluding hydrogens is 300 g/mol. The van der Waals surface area contributed by atoms with Gasteiger partial charge in [0.2, 0.25) is 5.91 Å². The van der Waals surface area contributed by atoms with Crippen LogP contribution in [0.4, 0.5) is 5.69 Å². The van der Waals surface area contributed by atoms with Gasteiger partial charge in [-0.3, -0.25) is 4.79 Å². The van der Waals surface area contributed by atoms with Crippen LogP contribution in [0.25, 0.3) is 0 Å². The molecule has 128 valence electrons. The monoisotopic (exact) mass is 326 g/mol. The Hall–Kier alpha value is -2.33. The zero-order valence-corrected chi connectivity index (χ0v) is 14.6. The van der Waals surface area contributed by atoms with E-state index in [9.17, 15) is 4.79 Å². The molecule has 2 N–H and O–H groups in total. The van der Waals surface area contributed by atoms with Crippen molar-refractivity contribution in [2.24, 2.45) is 0 Å². The van der Waals surface area contributed by atoms with Gasteiger partial charge in [-0.1, -0.05) is 30.3 Å². The highest BCUT2D eigenvalue weighted by atomic mass is 16.5. The molecule has 4 heteroatoms. The Labute approximate surface area is 144 Å². The average molecular weight is 326 g/mol. The van der Waals surface area contributed by atoms with Crippen LogP contribution in [0.15, 0.2) is 48.5 Å². The molecule has 0 aliphatic rings. The molecule has 0 bridgehead atoms. The molecular formula is C20H26N2O2. The molecule has 2 rings (SSSR count). The number of ether oxygens (including phenoxy) is 1. The van der Waals surface area contributed by atoms with Gasteiger partial charge in [-0.15, -0.1) is 0 Å². The molecule has 0 heterocycles. The first-order chi connectivity index (χ1) is 11.6. The number of hydrogen-bond donors (Lipinski definition) is 2. The molecule has 0 aliphatic heterocycles. The lowest BCUT2D eigenvalue weighted by Crippen LogP contribution is -2.15. The van der Waals surface area contributed by atoms with Crippen molar-refractivity contribution in [1.82, 2.24) is 5.32 Å². The third kappa shape index (κ3) is 5.39. The predicted molar refractivity (Wildman–Crippen MR) is 98.5 cm³/mol. The fraction of sp³-hybridized carbons (Fsp3) is 0.350. The highest BCUT2D eigenvalue weighted by Crippen LogP contribution is 2.26. The van der Waals surface area contributed by atoms with Crippen LogP contribution < -0.4 is 15.4 Å². The van der Waals surface area contributed by atoms with Crippen LogP contribution in [0.2, 0.25) is 0 Å². The molecule has 0 saturated heterocycles. The number of carbonyl (C=O) groups is 1. The summed E-state index contributed by atoms with van der Waals surface area (Å²) < 4.78 is 6.00. The van der Waals surface area contributed by atoms with Crippen molar-refractivity contribution in [2.75, 3.05) is 18.9 Å². The molecule has 2 aromatic rings. The van der Waals surface area contributed by atoms with Crippen molar-refractivity contribution >= 4 is 11.6 Å². The van der Waals surface area contributed by atoms with E-state index in [1.807, 2.05) is 57.3 Å². The second-order valence-corrected chi connectivity index (χ2v) is 5.90. The van der Waals surface area contributed by atoms with E-state index in [1.54, 1.807) is 0 Å². The predicted octanol–water partition coefficient (Wildman–Crippen LogP) is 4.07. The van der Waals surface area contributed by atoms with Gasteiger partial charge in [-0.2, -0.15) is 0 Å². The van der Waals surface area contributed by atoms with Crippen LogP contribution in [-0.4, -0.2) is 19.5 Å². The highest BCUT2D eigenvalue weighted by molar-refractivity contribution is 5.91. The number of aryl methyl sites for hydroxylation is 1. The topological polar surface area (TPSA) is 50.4 Å². The van der Waals surface area contributed by atoms with Gasteiger partial charge >= 0.3 is 0 Å². The molecule has 0 fully saturated rings. The number of amides is 1. The minimum atomic E-state index is -0.0208. The van der Waals surface area contributed by atoms with Crippen molar-refractivity contribution < 1.29 is 9.53 Å². The lowest BCUT2D eigenvalue weighted by atomic mass is 10.1. The molecule has 0 aromatic heterocycles. The fourth-order valence-corrected chi connectivity index (χ4v) is 2.48. The molecule has 1 amide bonds. The maximum atomic E-state index is 11.9. The zero-order valence-electron chi connectivity index (χ0n) is 14.6. The Bertz CT molecular complexity index is 656. The molecule has 0 spiro atoms. The van der Waals surface area contributed by atoms with Crippen LogP contribution in [0.3, 0.4) is 0 Å². The Morgan fingerprint density at radius 1 is 1.17 bits per heavy atom. The van der Waals surface area contributed by atoms with Crippen LogP contribution in [0.1, 0.15) is 37.0 Å². The van der Waals surface area contributed by atoms with Crippen LogP contribution in [0.5, 0.6) is 5.75 Å². The van der Waals surface area contributed by atoms with E-state index in [4.69, 9.17) is 4.74 Å². The second-order valence-electron chi connectivity index (χ2n) is 5.90. The molecule has 2 aromatic carbocycles. The Balaban J connectivity index is 1.95. The lowest BCUT2D eigenvalue weighted by Gasteiger charge is -2.16. The second kappa shape index (κ2) is 9.08. The van der Waals surface area contributed by atoms with E-state index < -0.39 is 0 Å². The number of carbonyl (C=O) groups excluding carboxylic acids is 1. The van der Waals surface area contributed by atoms with Gasteiger partial charge in [-0.05, 0) is 63.2 Å². The van der Waals surface area contributed by atoms with Gasteiger partial charge in [-0.25, -0.2) is 0 Å². The fourth-order valence-electron chi connectivity index (χ4n) is 2.48. The summed E-state index contributed by atoms with van der Waals surface area (Å²) >= 11 is 0. The molecule has 4 nitrogen and oxygen atoms in total. The standard InChI is InChI=1S/C20H26N2O2/c1-15-14-18(24-16(2)17-8-5-4-6-9-17)11-12-19(15)22-20(23)10-7-13-21-3/h4-6,8-9,11-12,14,16,21H,7,10,13H2,1-3H3,(H,22,23). The molecule has 1 unspecified atom stereocenters. The smallest absolute Gasteiger partial charge is 0.224 e. The minimum absolute atomic E-state index is 0.0208. The Morgan fingerprint density at radius 3 is 2.58 bits per heavy atom. The van der Waals surface area contributed by atoms with Crippen molar-refractivity contribution in [1.29, 1.82) is 0 Å². The normalized spacial score (nSPS) is 11.8. The van der Waals surface area contributed by atoms with Crippen molar-refractivity contribution in [2.45, 2.75) is 32.8 Å². The summed E-state index contributed by atoms with van der Waals surface area (Å²) in [6.07, 6.45) is 1.33. The number of anilines is 1.